The molecule has 4 heteroatoms. The van der Waals surface area contributed by atoms with Gasteiger partial charge in [-0.15, -0.1) is 0 Å². The summed E-state index contributed by atoms with van der Waals surface area (Å²) in [4.78, 5) is 4.16. The summed E-state index contributed by atoms with van der Waals surface area (Å²) in [6.07, 6.45) is 0.856. The van der Waals surface area contributed by atoms with Crippen molar-refractivity contribution in [1.82, 2.24) is 4.98 Å². The van der Waals surface area contributed by atoms with Crippen molar-refractivity contribution >= 4 is 0 Å². The zero-order valence-corrected chi connectivity index (χ0v) is 9.45. The molecule has 4 nitrogen and oxygen atoms in total. The average molecular weight is 211 g/mol. The molecular weight excluding hydrogens is 194 g/mol. The van der Waals surface area contributed by atoms with E-state index < -0.39 is 0 Å². The van der Waals surface area contributed by atoms with Gasteiger partial charge in [0.1, 0.15) is 0 Å². The molecule has 0 saturated carbocycles. The number of nitrogens with zero attached hydrogens (tertiary/aromatic N) is 1. The van der Waals surface area contributed by atoms with E-state index in [2.05, 4.69) is 4.98 Å². The van der Waals surface area contributed by atoms with Crippen molar-refractivity contribution in [1.29, 1.82) is 0 Å². The molecule has 1 aromatic heterocycles. The van der Waals surface area contributed by atoms with Crippen molar-refractivity contribution in [2.75, 3.05) is 27.4 Å². The molecule has 0 aliphatic heterocycles. The Labute approximate surface area is 90.2 Å². The fourth-order valence-electron chi connectivity index (χ4n) is 1.16. The summed E-state index contributed by atoms with van der Waals surface area (Å²) in [5.41, 5.74) is 1.07. The molecule has 0 aliphatic rings. The van der Waals surface area contributed by atoms with Crippen LogP contribution in [0.2, 0.25) is 0 Å². The van der Waals surface area contributed by atoms with E-state index >= 15 is 0 Å². The van der Waals surface area contributed by atoms with Crippen LogP contribution in [0.5, 0.6) is 11.8 Å². The number of hydrogen-bond donors (Lipinski definition) is 0. The molecule has 0 saturated heterocycles. The molecule has 1 heterocycles. The molecular formula is C11H17NO3. The number of pyridine rings is 1. The van der Waals surface area contributed by atoms with E-state index in [9.17, 15) is 0 Å². The number of rotatable bonds is 6. The molecule has 15 heavy (non-hydrogen) atoms. The van der Waals surface area contributed by atoms with E-state index in [4.69, 9.17) is 14.2 Å². The first-order valence-corrected chi connectivity index (χ1v) is 4.90. The van der Waals surface area contributed by atoms with Crippen molar-refractivity contribution in [2.45, 2.75) is 13.3 Å². The fourth-order valence-corrected chi connectivity index (χ4v) is 1.16. The van der Waals surface area contributed by atoms with Crippen molar-refractivity contribution in [3.05, 3.63) is 17.7 Å². The van der Waals surface area contributed by atoms with Crippen molar-refractivity contribution in [2.24, 2.45) is 0 Å². The summed E-state index contributed by atoms with van der Waals surface area (Å²) in [5.74, 6) is 1.18. The van der Waals surface area contributed by atoms with Gasteiger partial charge < -0.3 is 14.2 Å². The van der Waals surface area contributed by atoms with Crippen LogP contribution in [-0.4, -0.2) is 32.4 Å². The summed E-state index contributed by atoms with van der Waals surface area (Å²) in [6.45, 7) is 3.28. The zero-order valence-electron chi connectivity index (χ0n) is 9.45. The van der Waals surface area contributed by atoms with Crippen LogP contribution in [0, 0.1) is 6.92 Å². The highest BCUT2D eigenvalue weighted by Gasteiger charge is 2.00. The van der Waals surface area contributed by atoms with Gasteiger partial charge in [-0.3, -0.25) is 0 Å². The highest BCUT2D eigenvalue weighted by molar-refractivity contribution is 5.27. The lowest BCUT2D eigenvalue weighted by Gasteiger charge is -2.07. The van der Waals surface area contributed by atoms with Crippen LogP contribution >= 0.6 is 0 Å². The summed E-state index contributed by atoms with van der Waals surface area (Å²) in [5, 5.41) is 0. The zero-order chi connectivity index (χ0) is 11.1. The largest absolute Gasteiger partial charge is 0.481 e. The standard InChI is InChI=1S/C11H17NO3/c1-9-7-10(14-3)12-11(8-9)15-6-4-5-13-2/h7-8H,4-6H2,1-3H3. The van der Waals surface area contributed by atoms with Crippen LogP contribution in [0.4, 0.5) is 0 Å². The van der Waals surface area contributed by atoms with Gasteiger partial charge in [-0.25, -0.2) is 0 Å². The number of ether oxygens (including phenoxy) is 3. The molecule has 0 radical (unpaired) electrons. The lowest BCUT2D eigenvalue weighted by Crippen LogP contribution is -2.03. The Morgan fingerprint density at radius 2 is 1.87 bits per heavy atom. The van der Waals surface area contributed by atoms with Gasteiger partial charge in [0, 0.05) is 32.3 Å². The second kappa shape index (κ2) is 6.24. The maximum atomic E-state index is 5.46. The Bertz CT molecular complexity index is 302. The summed E-state index contributed by atoms with van der Waals surface area (Å²) < 4.78 is 15.4. The molecule has 0 spiro atoms. The van der Waals surface area contributed by atoms with Crippen LogP contribution in [0.15, 0.2) is 12.1 Å². The fraction of sp³-hybridized carbons (Fsp3) is 0.545. The van der Waals surface area contributed by atoms with Gasteiger partial charge in [-0.05, 0) is 12.5 Å². The SMILES string of the molecule is COCCCOc1cc(C)cc(OC)n1. The van der Waals surface area contributed by atoms with Crippen molar-refractivity contribution < 1.29 is 14.2 Å². The third-order valence-corrected chi connectivity index (χ3v) is 1.87. The normalized spacial score (nSPS) is 10.1. The third-order valence-electron chi connectivity index (χ3n) is 1.87. The summed E-state index contributed by atoms with van der Waals surface area (Å²) in [7, 11) is 3.27. The maximum Gasteiger partial charge on any atom is 0.216 e. The second-order valence-corrected chi connectivity index (χ2v) is 3.22. The highest BCUT2D eigenvalue weighted by atomic mass is 16.5. The Morgan fingerprint density at radius 1 is 1.13 bits per heavy atom. The van der Waals surface area contributed by atoms with Crippen LogP contribution in [0.25, 0.3) is 0 Å². The van der Waals surface area contributed by atoms with Gasteiger partial charge in [0.05, 0.1) is 13.7 Å². The van der Waals surface area contributed by atoms with Gasteiger partial charge in [0.15, 0.2) is 0 Å². The average Bonchev–Trinajstić information content (AvgIpc) is 2.23. The van der Waals surface area contributed by atoms with Gasteiger partial charge in [-0.2, -0.15) is 4.98 Å². The first-order chi connectivity index (χ1) is 7.26. The molecule has 0 bridgehead atoms. The molecule has 84 valence electrons. The predicted octanol–water partition coefficient (Wildman–Crippen LogP) is 1.81. The van der Waals surface area contributed by atoms with E-state index in [1.54, 1.807) is 14.2 Å². The first-order valence-electron chi connectivity index (χ1n) is 4.90. The van der Waals surface area contributed by atoms with Gasteiger partial charge in [0.25, 0.3) is 0 Å². The van der Waals surface area contributed by atoms with Crippen LogP contribution in [0.1, 0.15) is 12.0 Å². The minimum absolute atomic E-state index is 0.580. The van der Waals surface area contributed by atoms with Crippen molar-refractivity contribution in [3.63, 3.8) is 0 Å². The van der Waals surface area contributed by atoms with E-state index in [-0.39, 0.29) is 0 Å². The molecule has 0 amide bonds. The lowest BCUT2D eigenvalue weighted by molar-refractivity contribution is 0.170. The molecule has 0 aromatic carbocycles. The minimum atomic E-state index is 0.580. The lowest BCUT2D eigenvalue weighted by atomic mass is 10.3. The number of aromatic nitrogens is 1. The van der Waals surface area contributed by atoms with Crippen LogP contribution in [0.3, 0.4) is 0 Å². The smallest absolute Gasteiger partial charge is 0.216 e. The topological polar surface area (TPSA) is 40.6 Å². The van der Waals surface area contributed by atoms with Crippen LogP contribution < -0.4 is 9.47 Å². The maximum absolute atomic E-state index is 5.46. The third kappa shape index (κ3) is 4.16. The molecule has 1 aromatic rings. The quantitative estimate of drug-likeness (QED) is 0.673. The molecule has 0 atom stereocenters. The van der Waals surface area contributed by atoms with Crippen LogP contribution in [-0.2, 0) is 4.74 Å². The Morgan fingerprint density at radius 3 is 2.53 bits per heavy atom. The summed E-state index contributed by atoms with van der Waals surface area (Å²) >= 11 is 0. The molecule has 0 fully saturated rings. The minimum Gasteiger partial charge on any atom is -0.481 e. The van der Waals surface area contributed by atoms with Gasteiger partial charge >= 0.3 is 0 Å². The first kappa shape index (κ1) is 11.8. The number of methoxy groups -OCH3 is 2. The Hall–Kier alpha value is -1.29. The number of hydrogen-bond acceptors (Lipinski definition) is 4. The Balaban J connectivity index is 2.49. The van der Waals surface area contributed by atoms with E-state index in [1.165, 1.54) is 0 Å². The molecule has 0 N–H and O–H groups in total. The van der Waals surface area contributed by atoms with E-state index in [1.807, 2.05) is 19.1 Å². The predicted molar refractivity (Wildman–Crippen MR) is 57.5 cm³/mol. The van der Waals surface area contributed by atoms with Gasteiger partial charge in [-0.1, -0.05) is 0 Å². The van der Waals surface area contributed by atoms with E-state index in [0.717, 1.165) is 12.0 Å². The van der Waals surface area contributed by atoms with Crippen molar-refractivity contribution in [3.8, 4) is 11.8 Å². The second-order valence-electron chi connectivity index (χ2n) is 3.22. The molecule has 0 unspecified atom stereocenters. The van der Waals surface area contributed by atoms with Gasteiger partial charge in [0.2, 0.25) is 11.8 Å². The number of aryl methyl sites for hydroxylation is 1. The molecule has 1 rings (SSSR count). The Kier molecular flexibility index (Phi) is 4.90. The highest BCUT2D eigenvalue weighted by Crippen LogP contribution is 2.16. The monoisotopic (exact) mass is 211 g/mol. The summed E-state index contributed by atoms with van der Waals surface area (Å²) in [6, 6.07) is 3.75. The molecule has 0 aliphatic carbocycles. The van der Waals surface area contributed by atoms with E-state index in [0.29, 0.717) is 25.0 Å².